The molecule has 0 radical (unpaired) electrons. The van der Waals surface area contributed by atoms with Crippen molar-refractivity contribution in [1.82, 2.24) is 15.0 Å². The van der Waals surface area contributed by atoms with Crippen molar-refractivity contribution in [3.8, 4) is 0 Å². The van der Waals surface area contributed by atoms with Crippen LogP contribution in [-0.4, -0.2) is 34.0 Å². The predicted molar refractivity (Wildman–Crippen MR) is 83.4 cm³/mol. The van der Waals surface area contributed by atoms with E-state index in [-0.39, 0.29) is 5.91 Å². The Bertz CT molecular complexity index is 508. The van der Waals surface area contributed by atoms with Gasteiger partial charge in [-0.25, -0.2) is 0 Å². The fourth-order valence-corrected chi connectivity index (χ4v) is 3.73. The number of nitrogens with zero attached hydrogens (tertiary/aromatic N) is 3. The zero-order valence-corrected chi connectivity index (χ0v) is 13.8. The minimum atomic E-state index is 0.221. The summed E-state index contributed by atoms with van der Waals surface area (Å²) in [6, 6.07) is 0. The molecule has 0 aromatic carbocycles. The summed E-state index contributed by atoms with van der Waals surface area (Å²) in [5, 5.41) is 4.09. The summed E-state index contributed by atoms with van der Waals surface area (Å²) in [4.78, 5) is 18.7. The van der Waals surface area contributed by atoms with Crippen LogP contribution in [-0.2, 0) is 11.2 Å². The van der Waals surface area contributed by atoms with Gasteiger partial charge in [-0.15, -0.1) is 0 Å². The number of rotatable bonds is 6. The second-order valence-electron chi connectivity index (χ2n) is 6.98. The molecule has 0 spiro atoms. The van der Waals surface area contributed by atoms with Gasteiger partial charge in [-0.1, -0.05) is 31.8 Å². The Hall–Kier alpha value is -1.39. The monoisotopic (exact) mass is 305 g/mol. The van der Waals surface area contributed by atoms with Gasteiger partial charge in [-0.3, -0.25) is 4.79 Å². The van der Waals surface area contributed by atoms with E-state index in [1.54, 1.807) is 0 Å². The van der Waals surface area contributed by atoms with E-state index in [9.17, 15) is 4.79 Å². The average Bonchev–Trinajstić information content (AvgIpc) is 3.16. The fourth-order valence-electron chi connectivity index (χ4n) is 3.73. The van der Waals surface area contributed by atoms with Gasteiger partial charge in [0.1, 0.15) is 0 Å². The van der Waals surface area contributed by atoms with E-state index in [4.69, 9.17) is 4.52 Å². The third-order valence-electron chi connectivity index (χ3n) is 5.66. The van der Waals surface area contributed by atoms with Gasteiger partial charge >= 0.3 is 0 Å². The molecule has 0 bridgehead atoms. The maximum atomic E-state index is 12.2. The standard InChI is InChI=1S/C17H27N3O2/c1-3-17(4-2)11-20(12-17)15(21)10-9-14-18-16(19-22-14)13-7-5-6-8-13/h13H,3-12H2,1-2H3. The van der Waals surface area contributed by atoms with Crippen molar-refractivity contribution in [2.75, 3.05) is 13.1 Å². The van der Waals surface area contributed by atoms with Gasteiger partial charge in [-0.2, -0.15) is 4.98 Å². The van der Waals surface area contributed by atoms with Crippen LogP contribution >= 0.6 is 0 Å². The number of aromatic nitrogens is 2. The second kappa shape index (κ2) is 6.39. The highest BCUT2D eigenvalue weighted by Crippen LogP contribution is 2.37. The van der Waals surface area contributed by atoms with Crippen molar-refractivity contribution in [3.05, 3.63) is 11.7 Å². The van der Waals surface area contributed by atoms with Crippen molar-refractivity contribution in [2.24, 2.45) is 5.41 Å². The van der Waals surface area contributed by atoms with Crippen LogP contribution in [0.2, 0.25) is 0 Å². The highest BCUT2D eigenvalue weighted by Gasteiger charge is 2.41. The van der Waals surface area contributed by atoms with Crippen LogP contribution in [0.1, 0.15) is 76.4 Å². The Morgan fingerprint density at radius 2 is 1.95 bits per heavy atom. The molecule has 0 unspecified atom stereocenters. The molecule has 1 saturated heterocycles. The maximum Gasteiger partial charge on any atom is 0.227 e. The first-order chi connectivity index (χ1) is 10.7. The third-order valence-corrected chi connectivity index (χ3v) is 5.66. The number of aryl methyl sites for hydroxylation is 1. The van der Waals surface area contributed by atoms with Crippen LogP contribution in [0.4, 0.5) is 0 Å². The van der Waals surface area contributed by atoms with Crippen LogP contribution in [0.3, 0.4) is 0 Å². The van der Waals surface area contributed by atoms with Crippen molar-refractivity contribution < 1.29 is 9.32 Å². The molecule has 22 heavy (non-hydrogen) atoms. The molecule has 2 heterocycles. The minimum absolute atomic E-state index is 0.221. The minimum Gasteiger partial charge on any atom is -0.341 e. The lowest BCUT2D eigenvalue weighted by atomic mass is 9.75. The Labute approximate surface area is 132 Å². The van der Waals surface area contributed by atoms with E-state index in [1.165, 1.54) is 25.7 Å². The smallest absolute Gasteiger partial charge is 0.227 e. The fraction of sp³-hybridized carbons (Fsp3) is 0.824. The molecule has 1 saturated carbocycles. The number of hydrogen-bond donors (Lipinski definition) is 0. The summed E-state index contributed by atoms with van der Waals surface area (Å²) in [6.07, 6.45) is 8.22. The number of carbonyl (C=O) groups excluding carboxylic acids is 1. The largest absolute Gasteiger partial charge is 0.341 e. The Morgan fingerprint density at radius 1 is 1.27 bits per heavy atom. The molecule has 1 aromatic rings. The van der Waals surface area contributed by atoms with Crippen molar-refractivity contribution in [1.29, 1.82) is 0 Å². The highest BCUT2D eigenvalue weighted by atomic mass is 16.5. The molecular formula is C17H27N3O2. The SMILES string of the molecule is CCC1(CC)CN(C(=O)CCc2nc(C3CCCC3)no2)C1. The van der Waals surface area contributed by atoms with Gasteiger partial charge in [0.2, 0.25) is 11.8 Å². The van der Waals surface area contributed by atoms with Crippen LogP contribution in [0.25, 0.3) is 0 Å². The first-order valence-corrected chi connectivity index (χ1v) is 8.76. The topological polar surface area (TPSA) is 59.2 Å². The predicted octanol–water partition coefficient (Wildman–Crippen LogP) is 3.31. The van der Waals surface area contributed by atoms with Crippen molar-refractivity contribution >= 4 is 5.91 Å². The van der Waals surface area contributed by atoms with Gasteiger partial charge in [0, 0.05) is 37.3 Å². The molecule has 0 N–H and O–H groups in total. The van der Waals surface area contributed by atoms with Crippen LogP contribution in [0.5, 0.6) is 0 Å². The number of likely N-dealkylation sites (tertiary alicyclic amines) is 1. The molecule has 2 fully saturated rings. The number of amides is 1. The van der Waals surface area contributed by atoms with E-state index >= 15 is 0 Å². The van der Waals surface area contributed by atoms with E-state index in [1.807, 2.05) is 4.90 Å². The van der Waals surface area contributed by atoms with Gasteiger partial charge in [0.25, 0.3) is 0 Å². The molecule has 3 rings (SSSR count). The normalized spacial score (nSPS) is 21.1. The van der Waals surface area contributed by atoms with E-state index in [0.717, 1.165) is 31.8 Å². The molecule has 0 atom stereocenters. The van der Waals surface area contributed by atoms with Gasteiger partial charge in [-0.05, 0) is 25.7 Å². The zero-order chi connectivity index (χ0) is 15.6. The quantitative estimate of drug-likeness (QED) is 0.809. The van der Waals surface area contributed by atoms with Crippen molar-refractivity contribution in [3.63, 3.8) is 0 Å². The summed E-state index contributed by atoms with van der Waals surface area (Å²) in [5.74, 6) is 2.16. The molecule has 5 heteroatoms. The van der Waals surface area contributed by atoms with Crippen molar-refractivity contribution in [2.45, 2.75) is 71.1 Å². The molecule has 1 aromatic heterocycles. The molecular weight excluding hydrogens is 278 g/mol. The highest BCUT2D eigenvalue weighted by molar-refractivity contribution is 5.77. The van der Waals surface area contributed by atoms with Crippen LogP contribution in [0.15, 0.2) is 4.52 Å². The molecule has 1 aliphatic heterocycles. The Morgan fingerprint density at radius 3 is 2.59 bits per heavy atom. The lowest BCUT2D eigenvalue weighted by Gasteiger charge is -2.49. The summed E-state index contributed by atoms with van der Waals surface area (Å²) in [6.45, 7) is 6.26. The third kappa shape index (κ3) is 3.03. The number of carbonyl (C=O) groups is 1. The number of hydrogen-bond acceptors (Lipinski definition) is 4. The molecule has 2 aliphatic rings. The first-order valence-electron chi connectivity index (χ1n) is 8.76. The van der Waals surface area contributed by atoms with E-state index in [2.05, 4.69) is 24.0 Å². The summed E-state index contributed by atoms with van der Waals surface area (Å²) in [7, 11) is 0. The molecule has 1 aliphatic carbocycles. The first kappa shape index (κ1) is 15.5. The van der Waals surface area contributed by atoms with E-state index in [0.29, 0.717) is 30.1 Å². The average molecular weight is 305 g/mol. The van der Waals surface area contributed by atoms with Gasteiger partial charge in [0.15, 0.2) is 5.82 Å². The molecule has 1 amide bonds. The van der Waals surface area contributed by atoms with Gasteiger partial charge in [0.05, 0.1) is 0 Å². The maximum absolute atomic E-state index is 12.2. The molecule has 122 valence electrons. The second-order valence-corrected chi connectivity index (χ2v) is 6.98. The lowest BCUT2D eigenvalue weighted by molar-refractivity contribution is -0.144. The van der Waals surface area contributed by atoms with E-state index < -0.39 is 0 Å². The Balaban J connectivity index is 1.46. The summed E-state index contributed by atoms with van der Waals surface area (Å²) >= 11 is 0. The summed E-state index contributed by atoms with van der Waals surface area (Å²) in [5.41, 5.74) is 0.371. The lowest BCUT2D eigenvalue weighted by Crippen LogP contribution is -2.57. The Kier molecular flexibility index (Phi) is 4.50. The summed E-state index contributed by atoms with van der Waals surface area (Å²) < 4.78 is 5.31. The van der Waals surface area contributed by atoms with Crippen LogP contribution in [0, 0.1) is 5.41 Å². The molecule has 5 nitrogen and oxygen atoms in total. The zero-order valence-electron chi connectivity index (χ0n) is 13.8. The van der Waals surface area contributed by atoms with Gasteiger partial charge < -0.3 is 9.42 Å². The van der Waals surface area contributed by atoms with Crippen LogP contribution < -0.4 is 0 Å².